The lowest BCUT2D eigenvalue weighted by Gasteiger charge is -2.10. The zero-order valence-corrected chi connectivity index (χ0v) is 9.99. The molecule has 3 nitrogen and oxygen atoms in total. The summed E-state index contributed by atoms with van der Waals surface area (Å²) in [5.74, 6) is 0.749. The van der Waals surface area contributed by atoms with Gasteiger partial charge in [0.1, 0.15) is 11.9 Å². The molecule has 1 atom stereocenters. The number of aryl methyl sites for hydroxylation is 1. The minimum absolute atomic E-state index is 0.623. The van der Waals surface area contributed by atoms with Crippen molar-refractivity contribution in [3.05, 3.63) is 45.9 Å². The molecule has 1 heterocycles. The summed E-state index contributed by atoms with van der Waals surface area (Å²) in [5.41, 5.74) is 3.45. The van der Waals surface area contributed by atoms with Crippen LogP contribution in [0.3, 0.4) is 0 Å². The molecule has 2 aromatic rings. The maximum atomic E-state index is 10.2. The number of aliphatic hydroxyl groups is 1. The van der Waals surface area contributed by atoms with Crippen molar-refractivity contribution in [2.24, 2.45) is 0 Å². The van der Waals surface area contributed by atoms with E-state index in [0.717, 1.165) is 21.9 Å². The molecule has 0 aliphatic heterocycles. The van der Waals surface area contributed by atoms with Crippen LogP contribution < -0.4 is 4.74 Å². The lowest BCUT2D eigenvalue weighted by Crippen LogP contribution is -1.99. The van der Waals surface area contributed by atoms with Crippen LogP contribution in [0.2, 0.25) is 0 Å². The van der Waals surface area contributed by atoms with Crippen LogP contribution in [0.1, 0.15) is 22.2 Å². The molecule has 16 heavy (non-hydrogen) atoms. The van der Waals surface area contributed by atoms with Gasteiger partial charge in [-0.3, -0.25) is 0 Å². The second-order valence-corrected chi connectivity index (χ2v) is 4.37. The van der Waals surface area contributed by atoms with Crippen LogP contribution >= 0.6 is 11.3 Å². The van der Waals surface area contributed by atoms with Gasteiger partial charge in [-0.05, 0) is 24.6 Å². The fourth-order valence-corrected chi connectivity index (χ4v) is 2.35. The molecule has 0 aliphatic carbocycles. The topological polar surface area (TPSA) is 42.4 Å². The maximum absolute atomic E-state index is 10.2. The van der Waals surface area contributed by atoms with Gasteiger partial charge in [0.2, 0.25) is 0 Å². The second kappa shape index (κ2) is 4.63. The van der Waals surface area contributed by atoms with Gasteiger partial charge in [-0.25, -0.2) is 4.98 Å². The maximum Gasteiger partial charge on any atom is 0.119 e. The third-order valence-electron chi connectivity index (χ3n) is 2.44. The number of methoxy groups -OCH3 is 1. The van der Waals surface area contributed by atoms with Gasteiger partial charge >= 0.3 is 0 Å². The smallest absolute Gasteiger partial charge is 0.119 e. The Hall–Kier alpha value is -1.39. The summed E-state index contributed by atoms with van der Waals surface area (Å²) < 4.78 is 5.13. The van der Waals surface area contributed by atoms with E-state index in [0.29, 0.717) is 0 Å². The molecule has 0 amide bonds. The Bertz CT molecular complexity index is 481. The third-order valence-corrected chi connectivity index (χ3v) is 3.42. The van der Waals surface area contributed by atoms with Crippen molar-refractivity contribution < 1.29 is 9.84 Å². The van der Waals surface area contributed by atoms with E-state index in [4.69, 9.17) is 4.74 Å². The highest BCUT2D eigenvalue weighted by atomic mass is 32.1. The summed E-state index contributed by atoms with van der Waals surface area (Å²) in [6, 6.07) is 7.44. The van der Waals surface area contributed by atoms with Gasteiger partial charge in [0.25, 0.3) is 0 Å². The van der Waals surface area contributed by atoms with E-state index >= 15 is 0 Å². The number of aromatic nitrogens is 1. The number of hydrogen-bond donors (Lipinski definition) is 1. The van der Waals surface area contributed by atoms with Gasteiger partial charge in [-0.15, -0.1) is 11.3 Å². The number of nitrogens with zero attached hydrogens (tertiary/aromatic N) is 1. The zero-order chi connectivity index (χ0) is 11.5. The lowest BCUT2D eigenvalue weighted by molar-refractivity contribution is 0.222. The molecule has 0 radical (unpaired) electrons. The normalized spacial score (nSPS) is 12.4. The van der Waals surface area contributed by atoms with Crippen molar-refractivity contribution in [2.45, 2.75) is 13.0 Å². The van der Waals surface area contributed by atoms with Gasteiger partial charge in [-0.2, -0.15) is 0 Å². The molecule has 0 saturated heterocycles. The summed E-state index contributed by atoms with van der Waals surface area (Å²) in [5, 5.41) is 10.2. The van der Waals surface area contributed by atoms with Crippen molar-refractivity contribution in [2.75, 3.05) is 7.11 Å². The van der Waals surface area contributed by atoms with Crippen LogP contribution in [0.4, 0.5) is 0 Å². The molecule has 0 saturated carbocycles. The SMILES string of the molecule is COc1cccc(C(O)c2scnc2C)c1. The largest absolute Gasteiger partial charge is 0.497 e. The summed E-state index contributed by atoms with van der Waals surface area (Å²) in [6.45, 7) is 1.90. The first-order chi connectivity index (χ1) is 7.72. The van der Waals surface area contributed by atoms with E-state index < -0.39 is 6.10 Å². The molecular formula is C12H13NO2S. The standard InChI is InChI=1S/C12H13NO2S/c1-8-12(16-7-13-8)11(14)9-4-3-5-10(6-9)15-2/h3-7,11,14H,1-2H3. The van der Waals surface area contributed by atoms with Crippen LogP contribution in [0.5, 0.6) is 5.75 Å². The Labute approximate surface area is 98.4 Å². The predicted octanol–water partition coefficient (Wildman–Crippen LogP) is 2.54. The zero-order valence-electron chi connectivity index (χ0n) is 9.18. The number of thiazole rings is 1. The van der Waals surface area contributed by atoms with Gasteiger partial charge in [0, 0.05) is 0 Å². The molecule has 4 heteroatoms. The fraction of sp³-hybridized carbons (Fsp3) is 0.250. The minimum atomic E-state index is -0.623. The number of aliphatic hydroxyl groups excluding tert-OH is 1. The summed E-state index contributed by atoms with van der Waals surface area (Å²) in [6.07, 6.45) is -0.623. The van der Waals surface area contributed by atoms with Crippen molar-refractivity contribution in [1.82, 2.24) is 4.98 Å². The molecule has 0 bridgehead atoms. The van der Waals surface area contributed by atoms with Crippen LogP contribution in [-0.4, -0.2) is 17.2 Å². The Balaban J connectivity index is 2.33. The van der Waals surface area contributed by atoms with Crippen LogP contribution in [0, 0.1) is 6.92 Å². The van der Waals surface area contributed by atoms with Crippen molar-refractivity contribution in [3.8, 4) is 5.75 Å². The highest BCUT2D eigenvalue weighted by Gasteiger charge is 2.15. The lowest BCUT2D eigenvalue weighted by atomic mass is 10.1. The van der Waals surface area contributed by atoms with Gasteiger partial charge in [-0.1, -0.05) is 12.1 Å². The summed E-state index contributed by atoms with van der Waals surface area (Å²) >= 11 is 1.46. The second-order valence-electron chi connectivity index (χ2n) is 3.48. The van der Waals surface area contributed by atoms with E-state index in [1.807, 2.05) is 31.2 Å². The Morgan fingerprint density at radius 3 is 2.88 bits per heavy atom. The average molecular weight is 235 g/mol. The van der Waals surface area contributed by atoms with E-state index in [1.165, 1.54) is 11.3 Å². The van der Waals surface area contributed by atoms with E-state index in [9.17, 15) is 5.11 Å². The molecule has 84 valence electrons. The molecule has 1 aromatic carbocycles. The van der Waals surface area contributed by atoms with Gasteiger partial charge in [0.15, 0.2) is 0 Å². The third kappa shape index (κ3) is 2.08. The quantitative estimate of drug-likeness (QED) is 0.889. The van der Waals surface area contributed by atoms with Crippen molar-refractivity contribution >= 4 is 11.3 Å². The number of hydrogen-bond acceptors (Lipinski definition) is 4. The first kappa shape index (κ1) is 11.1. The van der Waals surface area contributed by atoms with Crippen molar-refractivity contribution in [3.63, 3.8) is 0 Å². The first-order valence-electron chi connectivity index (χ1n) is 4.94. The molecule has 1 unspecified atom stereocenters. The van der Waals surface area contributed by atoms with Crippen LogP contribution in [0.25, 0.3) is 0 Å². The van der Waals surface area contributed by atoms with Crippen LogP contribution in [0.15, 0.2) is 29.8 Å². The number of rotatable bonds is 3. The minimum Gasteiger partial charge on any atom is -0.497 e. The Morgan fingerprint density at radius 1 is 1.44 bits per heavy atom. The molecule has 1 aromatic heterocycles. The van der Waals surface area contributed by atoms with Crippen molar-refractivity contribution in [1.29, 1.82) is 0 Å². The molecule has 0 spiro atoms. The number of benzene rings is 1. The molecule has 0 fully saturated rings. The average Bonchev–Trinajstić information content (AvgIpc) is 2.74. The molecule has 2 rings (SSSR count). The van der Waals surface area contributed by atoms with E-state index in [2.05, 4.69) is 4.98 Å². The van der Waals surface area contributed by atoms with E-state index in [1.54, 1.807) is 12.6 Å². The highest BCUT2D eigenvalue weighted by Crippen LogP contribution is 2.29. The van der Waals surface area contributed by atoms with Gasteiger partial charge in [0.05, 0.1) is 23.2 Å². The van der Waals surface area contributed by atoms with Gasteiger partial charge < -0.3 is 9.84 Å². The predicted molar refractivity (Wildman–Crippen MR) is 63.9 cm³/mol. The molecule has 0 aliphatic rings. The molecule has 1 N–H and O–H groups in total. The Kier molecular flexibility index (Phi) is 3.22. The fourth-order valence-electron chi connectivity index (χ4n) is 1.54. The Morgan fingerprint density at radius 2 is 2.25 bits per heavy atom. The highest BCUT2D eigenvalue weighted by molar-refractivity contribution is 7.09. The van der Waals surface area contributed by atoms with E-state index in [-0.39, 0.29) is 0 Å². The first-order valence-corrected chi connectivity index (χ1v) is 5.82. The summed E-state index contributed by atoms with van der Waals surface area (Å²) in [7, 11) is 1.61. The molecular weight excluding hydrogens is 222 g/mol. The summed E-state index contributed by atoms with van der Waals surface area (Å²) in [4.78, 5) is 5.02. The monoisotopic (exact) mass is 235 g/mol. The van der Waals surface area contributed by atoms with Crippen LogP contribution in [-0.2, 0) is 0 Å². The number of ether oxygens (including phenoxy) is 1.